The van der Waals surface area contributed by atoms with Crippen LogP contribution in [0.3, 0.4) is 0 Å². The lowest BCUT2D eigenvalue weighted by atomic mass is 10.1. The third-order valence-corrected chi connectivity index (χ3v) is 3.01. The van der Waals surface area contributed by atoms with Gasteiger partial charge in [-0.1, -0.05) is 30.3 Å². The van der Waals surface area contributed by atoms with E-state index in [1.54, 1.807) is 17.6 Å². The summed E-state index contributed by atoms with van der Waals surface area (Å²) in [5.74, 6) is 0.819. The molecule has 0 bridgehead atoms. The second-order valence-electron chi connectivity index (χ2n) is 4.72. The number of benzene rings is 1. The molecule has 0 saturated carbocycles. The topological polar surface area (TPSA) is 62.5 Å². The van der Waals surface area contributed by atoms with Crippen LogP contribution in [0.1, 0.15) is 6.92 Å². The number of aromatic nitrogens is 3. The van der Waals surface area contributed by atoms with Gasteiger partial charge in [0.05, 0.1) is 18.0 Å². The monoisotopic (exact) mass is 268 g/mol. The Bertz CT molecular complexity index is 706. The van der Waals surface area contributed by atoms with Crippen molar-refractivity contribution in [1.29, 1.82) is 0 Å². The lowest BCUT2D eigenvalue weighted by Crippen LogP contribution is -2.17. The van der Waals surface area contributed by atoms with Crippen LogP contribution in [0.4, 0.5) is 5.82 Å². The summed E-state index contributed by atoms with van der Waals surface area (Å²) in [5, 5.41) is 16.9. The molecule has 0 aliphatic rings. The molecule has 5 nitrogen and oxygen atoms in total. The quantitative estimate of drug-likeness (QED) is 0.761. The molecular weight excluding hydrogens is 252 g/mol. The zero-order chi connectivity index (χ0) is 13.9. The van der Waals surface area contributed by atoms with Crippen LogP contribution < -0.4 is 5.32 Å². The summed E-state index contributed by atoms with van der Waals surface area (Å²) in [6.07, 6.45) is 1.29. The predicted molar refractivity (Wildman–Crippen MR) is 78.6 cm³/mol. The zero-order valence-electron chi connectivity index (χ0n) is 11.2. The molecule has 1 aromatic carbocycles. The first kappa shape index (κ1) is 12.6. The van der Waals surface area contributed by atoms with E-state index in [0.29, 0.717) is 6.54 Å². The van der Waals surface area contributed by atoms with Gasteiger partial charge in [0.15, 0.2) is 5.65 Å². The Morgan fingerprint density at radius 3 is 2.80 bits per heavy atom. The average molecular weight is 268 g/mol. The van der Waals surface area contributed by atoms with E-state index in [1.807, 2.05) is 42.5 Å². The van der Waals surface area contributed by atoms with Crippen molar-refractivity contribution in [3.63, 3.8) is 0 Å². The molecule has 0 aliphatic carbocycles. The van der Waals surface area contributed by atoms with E-state index in [-0.39, 0.29) is 0 Å². The van der Waals surface area contributed by atoms with E-state index in [0.717, 1.165) is 22.7 Å². The van der Waals surface area contributed by atoms with Crippen molar-refractivity contribution in [2.75, 3.05) is 11.9 Å². The van der Waals surface area contributed by atoms with Gasteiger partial charge in [-0.3, -0.25) is 0 Å². The van der Waals surface area contributed by atoms with Crippen molar-refractivity contribution in [1.82, 2.24) is 14.6 Å². The van der Waals surface area contributed by atoms with Crippen LogP contribution in [-0.4, -0.2) is 32.4 Å². The largest absolute Gasteiger partial charge is 0.392 e. The van der Waals surface area contributed by atoms with E-state index in [2.05, 4.69) is 15.4 Å². The van der Waals surface area contributed by atoms with Crippen LogP contribution in [0.15, 0.2) is 48.7 Å². The fraction of sp³-hybridized carbons (Fsp3) is 0.200. The Balaban J connectivity index is 2.06. The van der Waals surface area contributed by atoms with Crippen molar-refractivity contribution in [2.24, 2.45) is 0 Å². The number of fused-ring (bicyclic) bond motifs is 1. The lowest BCUT2D eigenvalue weighted by Gasteiger charge is -2.11. The summed E-state index contributed by atoms with van der Waals surface area (Å²) in [7, 11) is 0. The molecule has 2 N–H and O–H groups in total. The Kier molecular flexibility index (Phi) is 3.35. The SMILES string of the molecule is C[C@H](O)CNc1cc(-c2ccccc2)nc2ccnn12. The maximum Gasteiger partial charge on any atom is 0.157 e. The standard InChI is InChI=1S/C15H16N4O/c1-11(20)10-16-15-9-13(12-5-3-2-4-6-12)18-14-7-8-17-19(14)15/h2-9,11,16,20H,10H2,1H3/t11-/m0/s1. The number of rotatable bonds is 4. The average Bonchev–Trinajstić information content (AvgIpc) is 2.94. The number of hydrogen-bond acceptors (Lipinski definition) is 4. The predicted octanol–water partition coefficient (Wildman–Crippen LogP) is 2.19. The molecule has 102 valence electrons. The molecule has 3 aromatic rings. The minimum absolute atomic E-state index is 0.422. The van der Waals surface area contributed by atoms with Crippen molar-refractivity contribution in [3.05, 3.63) is 48.7 Å². The Morgan fingerprint density at radius 1 is 1.25 bits per heavy atom. The number of nitrogens with one attached hydrogen (secondary N) is 1. The highest BCUT2D eigenvalue weighted by Crippen LogP contribution is 2.21. The van der Waals surface area contributed by atoms with Crippen molar-refractivity contribution < 1.29 is 5.11 Å². The molecule has 0 spiro atoms. The molecule has 0 aliphatic heterocycles. The number of anilines is 1. The summed E-state index contributed by atoms with van der Waals surface area (Å²) in [6.45, 7) is 2.21. The van der Waals surface area contributed by atoms with Gasteiger partial charge in [0.2, 0.25) is 0 Å². The summed E-state index contributed by atoms with van der Waals surface area (Å²) in [5.41, 5.74) is 2.71. The second-order valence-corrected chi connectivity index (χ2v) is 4.72. The minimum Gasteiger partial charge on any atom is -0.392 e. The van der Waals surface area contributed by atoms with Crippen molar-refractivity contribution in [3.8, 4) is 11.3 Å². The van der Waals surface area contributed by atoms with Gasteiger partial charge in [0.1, 0.15) is 5.82 Å². The van der Waals surface area contributed by atoms with Gasteiger partial charge >= 0.3 is 0 Å². The summed E-state index contributed by atoms with van der Waals surface area (Å²) >= 11 is 0. The van der Waals surface area contributed by atoms with Crippen LogP contribution in [0.2, 0.25) is 0 Å². The van der Waals surface area contributed by atoms with Gasteiger partial charge in [-0.15, -0.1) is 0 Å². The van der Waals surface area contributed by atoms with Crippen LogP contribution in [0, 0.1) is 0 Å². The molecule has 20 heavy (non-hydrogen) atoms. The van der Waals surface area contributed by atoms with Gasteiger partial charge < -0.3 is 10.4 Å². The van der Waals surface area contributed by atoms with Crippen molar-refractivity contribution in [2.45, 2.75) is 13.0 Å². The van der Waals surface area contributed by atoms with Crippen LogP contribution in [-0.2, 0) is 0 Å². The lowest BCUT2D eigenvalue weighted by molar-refractivity contribution is 0.208. The fourth-order valence-electron chi connectivity index (χ4n) is 2.05. The third-order valence-electron chi connectivity index (χ3n) is 3.01. The van der Waals surface area contributed by atoms with E-state index in [4.69, 9.17) is 0 Å². The Hall–Kier alpha value is -2.40. The van der Waals surface area contributed by atoms with Gasteiger partial charge in [0.25, 0.3) is 0 Å². The highest BCUT2D eigenvalue weighted by atomic mass is 16.3. The van der Waals surface area contributed by atoms with Gasteiger partial charge in [0, 0.05) is 24.2 Å². The molecular formula is C15H16N4O. The Labute approximate surface area is 116 Å². The number of aliphatic hydroxyl groups excluding tert-OH is 1. The highest BCUT2D eigenvalue weighted by molar-refractivity contribution is 5.66. The highest BCUT2D eigenvalue weighted by Gasteiger charge is 2.08. The minimum atomic E-state index is -0.422. The molecule has 2 heterocycles. The number of aliphatic hydroxyl groups is 1. The van der Waals surface area contributed by atoms with E-state index in [1.165, 1.54) is 0 Å². The van der Waals surface area contributed by atoms with Gasteiger partial charge in [-0.25, -0.2) is 4.98 Å². The summed E-state index contributed by atoms with van der Waals surface area (Å²) in [6, 6.07) is 13.8. The van der Waals surface area contributed by atoms with E-state index >= 15 is 0 Å². The molecule has 0 saturated heterocycles. The number of nitrogens with zero attached hydrogens (tertiary/aromatic N) is 3. The first-order chi connectivity index (χ1) is 9.74. The molecule has 0 amide bonds. The smallest absolute Gasteiger partial charge is 0.157 e. The van der Waals surface area contributed by atoms with Crippen molar-refractivity contribution >= 4 is 11.5 Å². The van der Waals surface area contributed by atoms with Crippen LogP contribution >= 0.6 is 0 Å². The first-order valence-corrected chi connectivity index (χ1v) is 6.56. The second kappa shape index (κ2) is 5.30. The normalized spacial score (nSPS) is 12.5. The molecule has 0 fully saturated rings. The van der Waals surface area contributed by atoms with Gasteiger partial charge in [-0.05, 0) is 6.92 Å². The number of hydrogen-bond donors (Lipinski definition) is 2. The fourth-order valence-corrected chi connectivity index (χ4v) is 2.05. The maximum absolute atomic E-state index is 9.41. The zero-order valence-corrected chi connectivity index (χ0v) is 11.2. The summed E-state index contributed by atoms with van der Waals surface area (Å²) in [4.78, 5) is 4.59. The van der Waals surface area contributed by atoms with Gasteiger partial charge in [-0.2, -0.15) is 9.61 Å². The molecule has 0 radical (unpaired) electrons. The molecule has 3 rings (SSSR count). The molecule has 1 atom stereocenters. The first-order valence-electron chi connectivity index (χ1n) is 6.56. The molecule has 5 heteroatoms. The Morgan fingerprint density at radius 2 is 2.05 bits per heavy atom. The molecule has 2 aromatic heterocycles. The molecule has 0 unspecified atom stereocenters. The van der Waals surface area contributed by atoms with Crippen LogP contribution in [0.25, 0.3) is 16.9 Å². The van der Waals surface area contributed by atoms with E-state index in [9.17, 15) is 5.11 Å². The third kappa shape index (κ3) is 2.48. The van der Waals surface area contributed by atoms with E-state index < -0.39 is 6.10 Å². The van der Waals surface area contributed by atoms with Crippen LogP contribution in [0.5, 0.6) is 0 Å². The summed E-state index contributed by atoms with van der Waals surface area (Å²) < 4.78 is 1.73. The maximum atomic E-state index is 9.41.